The number of halogens is 2. The number of hydrogen-bond donors (Lipinski definition) is 6. The van der Waals surface area contributed by atoms with Gasteiger partial charge in [0, 0.05) is 6.42 Å². The minimum Gasteiger partial charge on any atom is -0.457 e. The van der Waals surface area contributed by atoms with Crippen molar-refractivity contribution in [2.24, 2.45) is 0 Å². The predicted octanol–water partition coefficient (Wildman–Crippen LogP) is 3.33. The zero-order valence-corrected chi connectivity index (χ0v) is 32.4. The molecule has 2 unspecified atom stereocenters. The highest BCUT2D eigenvalue weighted by Gasteiger charge is 2.45. The SMILES string of the molecule is C#CC#CC#CC#CC#CC#CC#C[C@@H](O)[C@@H](O)[C@H](CO[C@H]1OC(CF)[C@@H](O)[C@H](O)C1O)NC(=O)CCCCCCCCCCc1ccc(Oc2ccc(F)cc2)cc1. The van der Waals surface area contributed by atoms with Crippen LogP contribution in [0.5, 0.6) is 11.5 Å². The summed E-state index contributed by atoms with van der Waals surface area (Å²) >= 11 is 0. The van der Waals surface area contributed by atoms with E-state index in [0.29, 0.717) is 17.9 Å². The van der Waals surface area contributed by atoms with E-state index in [2.05, 4.69) is 82.3 Å². The number of alkyl halides is 1. The topological polar surface area (TPSA) is 158 Å². The van der Waals surface area contributed by atoms with Gasteiger partial charge in [0.2, 0.25) is 5.91 Å². The molecule has 1 aliphatic heterocycles. The van der Waals surface area contributed by atoms with Crippen LogP contribution in [0.25, 0.3) is 0 Å². The molecular formula is C47H47F2NO9. The Balaban J connectivity index is 1.41. The van der Waals surface area contributed by atoms with Gasteiger partial charge in [0.15, 0.2) is 6.29 Å². The Bertz CT molecular complexity index is 2050. The third-order valence-corrected chi connectivity index (χ3v) is 8.85. The molecule has 0 aromatic heterocycles. The van der Waals surface area contributed by atoms with Crippen molar-refractivity contribution in [3.8, 4) is 94.9 Å². The molecule has 10 nitrogen and oxygen atoms in total. The maximum atomic E-state index is 13.4. The monoisotopic (exact) mass is 807 g/mol. The second-order valence-corrected chi connectivity index (χ2v) is 13.3. The van der Waals surface area contributed by atoms with Crippen LogP contribution in [-0.4, -0.2) is 93.7 Å². The first-order valence-corrected chi connectivity index (χ1v) is 19.1. The molecule has 1 heterocycles. The first-order chi connectivity index (χ1) is 28.6. The molecule has 6 N–H and O–H groups in total. The quantitative estimate of drug-likeness (QED) is 0.0873. The van der Waals surface area contributed by atoms with E-state index in [1.54, 1.807) is 12.1 Å². The molecule has 3 rings (SSSR count). The van der Waals surface area contributed by atoms with Crippen molar-refractivity contribution < 1.29 is 53.3 Å². The van der Waals surface area contributed by atoms with Crippen molar-refractivity contribution in [3.05, 3.63) is 59.9 Å². The highest BCUT2D eigenvalue weighted by atomic mass is 19.1. The van der Waals surface area contributed by atoms with Crippen LogP contribution >= 0.6 is 0 Å². The van der Waals surface area contributed by atoms with Crippen LogP contribution in [-0.2, 0) is 20.7 Å². The van der Waals surface area contributed by atoms with E-state index < -0.39 is 68.1 Å². The molecule has 1 aliphatic rings. The van der Waals surface area contributed by atoms with Crippen molar-refractivity contribution >= 4 is 5.91 Å². The zero-order valence-electron chi connectivity index (χ0n) is 32.4. The second kappa shape index (κ2) is 27.8. The van der Waals surface area contributed by atoms with Gasteiger partial charge < -0.3 is 45.1 Å². The number of aliphatic hydroxyl groups excluding tert-OH is 5. The van der Waals surface area contributed by atoms with Crippen molar-refractivity contribution in [2.45, 2.75) is 113 Å². The fourth-order valence-corrected chi connectivity index (χ4v) is 5.66. The van der Waals surface area contributed by atoms with E-state index in [0.717, 1.165) is 51.4 Å². The molecule has 1 fully saturated rings. The Morgan fingerprint density at radius 2 is 1.25 bits per heavy atom. The summed E-state index contributed by atoms with van der Waals surface area (Å²) in [6.07, 6.45) is 1.88. The lowest BCUT2D eigenvalue weighted by Gasteiger charge is -2.40. The van der Waals surface area contributed by atoms with E-state index in [4.69, 9.17) is 20.6 Å². The number of unbranched alkanes of at least 4 members (excludes halogenated alkanes) is 7. The lowest BCUT2D eigenvalue weighted by Crippen LogP contribution is -2.60. The number of terminal acetylenes is 1. The summed E-state index contributed by atoms with van der Waals surface area (Å²) in [5.41, 5.74) is 1.22. The Labute approximate surface area is 345 Å². The van der Waals surface area contributed by atoms with Crippen LogP contribution in [0, 0.1) is 89.2 Å². The number of hydrogen-bond acceptors (Lipinski definition) is 9. The number of amides is 1. The zero-order chi connectivity index (χ0) is 42.7. The van der Waals surface area contributed by atoms with Gasteiger partial charge in [-0.3, -0.25) is 4.79 Å². The Morgan fingerprint density at radius 1 is 0.729 bits per heavy atom. The van der Waals surface area contributed by atoms with Crippen LogP contribution < -0.4 is 10.1 Å². The molecule has 2 aromatic rings. The Hall–Kier alpha value is -5.79. The predicted molar refractivity (Wildman–Crippen MR) is 216 cm³/mol. The number of rotatable bonds is 20. The number of carbonyl (C=O) groups is 1. The summed E-state index contributed by atoms with van der Waals surface area (Å²) in [6.45, 7) is -1.72. The molecule has 0 spiro atoms. The van der Waals surface area contributed by atoms with E-state index in [1.165, 1.54) is 17.7 Å². The first-order valence-electron chi connectivity index (χ1n) is 19.1. The van der Waals surface area contributed by atoms with Crippen LogP contribution in [0.3, 0.4) is 0 Å². The number of carbonyl (C=O) groups excluding carboxylic acids is 1. The molecule has 0 bridgehead atoms. The molecule has 12 heteroatoms. The minimum absolute atomic E-state index is 0.118. The van der Waals surface area contributed by atoms with E-state index in [1.807, 2.05) is 24.3 Å². The number of aryl methyl sites for hydroxylation is 1. The van der Waals surface area contributed by atoms with Gasteiger partial charge in [-0.05, 0) is 132 Å². The van der Waals surface area contributed by atoms with Crippen LogP contribution in [0.2, 0.25) is 0 Å². The minimum atomic E-state index is -1.78. The van der Waals surface area contributed by atoms with Gasteiger partial charge >= 0.3 is 0 Å². The first kappa shape index (κ1) is 47.6. The van der Waals surface area contributed by atoms with Gasteiger partial charge in [-0.2, -0.15) is 0 Å². The normalized spacial score (nSPS) is 19.1. The molecule has 1 saturated heterocycles. The summed E-state index contributed by atoms with van der Waals surface area (Å²) in [4.78, 5) is 12.9. The largest absolute Gasteiger partial charge is 0.457 e. The van der Waals surface area contributed by atoms with Gasteiger partial charge in [0.1, 0.15) is 60.6 Å². The van der Waals surface area contributed by atoms with E-state index in [-0.39, 0.29) is 12.2 Å². The highest BCUT2D eigenvalue weighted by molar-refractivity contribution is 5.76. The average Bonchev–Trinajstić information content (AvgIpc) is 3.24. The lowest BCUT2D eigenvalue weighted by molar-refractivity contribution is -0.300. The molecule has 308 valence electrons. The number of ether oxygens (including phenoxy) is 3. The van der Waals surface area contributed by atoms with Gasteiger partial charge in [0.05, 0.1) is 12.6 Å². The summed E-state index contributed by atoms with van der Waals surface area (Å²) < 4.78 is 43.0. The van der Waals surface area contributed by atoms with Gasteiger partial charge in [-0.15, -0.1) is 6.42 Å². The second-order valence-electron chi connectivity index (χ2n) is 13.3. The highest BCUT2D eigenvalue weighted by Crippen LogP contribution is 2.24. The molecule has 0 aliphatic carbocycles. The maximum Gasteiger partial charge on any atom is 0.220 e. The number of benzene rings is 2. The van der Waals surface area contributed by atoms with Crippen molar-refractivity contribution in [1.82, 2.24) is 5.32 Å². The summed E-state index contributed by atoms with van der Waals surface area (Å²) in [6, 6.07) is 12.5. The number of aliphatic hydroxyl groups is 5. The molecule has 1 amide bonds. The number of nitrogens with one attached hydrogen (secondary N) is 1. The molecular weight excluding hydrogens is 761 g/mol. The third-order valence-electron chi connectivity index (χ3n) is 8.85. The lowest BCUT2D eigenvalue weighted by atomic mass is 9.99. The molecule has 0 radical (unpaired) electrons. The molecule has 8 atom stereocenters. The standard InChI is InChI=1S/C47H47F2NO9/c1-2-3-4-5-6-7-8-9-10-14-17-20-23-40(51)43(53)39(34-57-47-46(56)45(55)44(54)41(33-48)59-47)50-42(52)24-21-18-15-12-11-13-16-19-22-35-25-29-37(30-26-35)58-38-31-27-36(49)28-32-38/h1,25-32,39-41,43-47,51,53-56H,11-13,15-16,18-19,21-22,24,33-34H2,(H,50,52)/t39-,40+,41?,43-,44+,45-,46?,47-/m0/s1. The smallest absolute Gasteiger partial charge is 0.220 e. The fraction of sp³-hybridized carbons (Fsp3) is 0.426. The summed E-state index contributed by atoms with van der Waals surface area (Å²) in [5, 5.41) is 54.5. The summed E-state index contributed by atoms with van der Waals surface area (Å²) in [7, 11) is 0. The van der Waals surface area contributed by atoms with Crippen LogP contribution in [0.4, 0.5) is 8.78 Å². The van der Waals surface area contributed by atoms with E-state index in [9.17, 15) is 39.1 Å². The Kier molecular flexibility index (Phi) is 22.4. The van der Waals surface area contributed by atoms with Crippen molar-refractivity contribution in [1.29, 1.82) is 0 Å². The van der Waals surface area contributed by atoms with Gasteiger partial charge in [-0.25, -0.2) is 8.78 Å². The van der Waals surface area contributed by atoms with Crippen LogP contribution in [0.1, 0.15) is 63.4 Å². The fourth-order valence-electron chi connectivity index (χ4n) is 5.66. The van der Waals surface area contributed by atoms with Gasteiger partial charge in [-0.1, -0.05) is 56.6 Å². The van der Waals surface area contributed by atoms with Crippen molar-refractivity contribution in [3.63, 3.8) is 0 Å². The van der Waals surface area contributed by atoms with Gasteiger partial charge in [0.25, 0.3) is 0 Å². The average molecular weight is 808 g/mol. The molecule has 0 saturated carbocycles. The van der Waals surface area contributed by atoms with Crippen molar-refractivity contribution in [2.75, 3.05) is 13.3 Å². The summed E-state index contributed by atoms with van der Waals surface area (Å²) in [5.74, 6) is 31.3. The third kappa shape index (κ3) is 18.6. The molecule has 2 aromatic carbocycles. The van der Waals surface area contributed by atoms with Crippen LogP contribution in [0.15, 0.2) is 48.5 Å². The molecule has 59 heavy (non-hydrogen) atoms. The van der Waals surface area contributed by atoms with E-state index >= 15 is 0 Å². The maximum absolute atomic E-state index is 13.4. The Morgan fingerprint density at radius 3 is 1.83 bits per heavy atom.